The van der Waals surface area contributed by atoms with E-state index >= 15 is 0 Å². The number of carbonyl (C=O) groups excluding carboxylic acids is 3. The summed E-state index contributed by atoms with van der Waals surface area (Å²) >= 11 is 0. The van der Waals surface area contributed by atoms with E-state index < -0.39 is 67.4 Å². The molecule has 0 aromatic carbocycles. The lowest BCUT2D eigenvalue weighted by Crippen LogP contribution is -2.53. The predicted octanol–water partition coefficient (Wildman–Crippen LogP) is -3.64. The summed E-state index contributed by atoms with van der Waals surface area (Å²) in [6.45, 7) is 0.130. The van der Waals surface area contributed by atoms with Crippen molar-refractivity contribution >= 4 is 29.7 Å². The molecular weight excluding hydrogens is 340 g/mol. The number of carbonyl (C=O) groups is 5. The van der Waals surface area contributed by atoms with Crippen molar-refractivity contribution in [3.8, 4) is 0 Å². The number of aliphatic carboxylic acids is 2. The summed E-state index contributed by atoms with van der Waals surface area (Å²) in [4.78, 5) is 56.3. The van der Waals surface area contributed by atoms with Crippen molar-refractivity contribution in [3.63, 3.8) is 0 Å². The van der Waals surface area contributed by atoms with Gasteiger partial charge in [0.2, 0.25) is 17.7 Å². The second-order valence-electron chi connectivity index (χ2n) is 5.10. The van der Waals surface area contributed by atoms with Gasteiger partial charge in [-0.2, -0.15) is 0 Å². The molecule has 12 heteroatoms. The molecule has 0 aromatic rings. The highest BCUT2D eigenvalue weighted by atomic mass is 16.4. The molecule has 0 heterocycles. The molecule has 0 fully saturated rings. The number of carboxylic acids is 2. The second-order valence-corrected chi connectivity index (χ2v) is 5.10. The number of aliphatic hydroxyl groups is 1. The lowest BCUT2D eigenvalue weighted by Gasteiger charge is -2.19. The second kappa shape index (κ2) is 10.9. The number of nitrogens with two attached hydrogens (primary N) is 1. The van der Waals surface area contributed by atoms with E-state index in [0.717, 1.165) is 0 Å². The summed E-state index contributed by atoms with van der Waals surface area (Å²) in [7, 11) is 0. The van der Waals surface area contributed by atoms with Crippen LogP contribution in [-0.4, -0.2) is 76.3 Å². The number of carboxylic acid groups (broad SMARTS) is 2. The number of hydrogen-bond acceptors (Lipinski definition) is 7. The van der Waals surface area contributed by atoms with Crippen LogP contribution in [0.15, 0.2) is 0 Å². The topological polar surface area (TPSA) is 208 Å². The number of nitrogens with one attached hydrogen (secondary N) is 3. The SMILES string of the molecule is CC(O)C(NC(=O)CNC(=O)C(CCC(=O)O)NC(=O)CN)C(=O)O. The fraction of sp³-hybridized carbons (Fsp3) is 0.615. The van der Waals surface area contributed by atoms with Crippen molar-refractivity contribution in [2.75, 3.05) is 13.1 Å². The van der Waals surface area contributed by atoms with Gasteiger partial charge >= 0.3 is 11.9 Å². The summed E-state index contributed by atoms with van der Waals surface area (Å²) in [5, 5.41) is 33.1. The van der Waals surface area contributed by atoms with Crippen molar-refractivity contribution in [2.24, 2.45) is 5.73 Å². The number of hydrogen-bond donors (Lipinski definition) is 7. The van der Waals surface area contributed by atoms with Gasteiger partial charge in [-0.1, -0.05) is 0 Å². The zero-order valence-electron chi connectivity index (χ0n) is 13.5. The molecule has 12 nitrogen and oxygen atoms in total. The van der Waals surface area contributed by atoms with Gasteiger partial charge in [-0.3, -0.25) is 19.2 Å². The van der Waals surface area contributed by atoms with Gasteiger partial charge < -0.3 is 37.0 Å². The van der Waals surface area contributed by atoms with Crippen LogP contribution in [0.3, 0.4) is 0 Å². The monoisotopic (exact) mass is 362 g/mol. The minimum atomic E-state index is -1.55. The van der Waals surface area contributed by atoms with Gasteiger partial charge in [0.15, 0.2) is 6.04 Å². The molecule has 0 aliphatic heterocycles. The Labute approximate surface area is 142 Å². The van der Waals surface area contributed by atoms with Crippen LogP contribution in [-0.2, 0) is 24.0 Å². The first kappa shape index (κ1) is 22.3. The van der Waals surface area contributed by atoms with E-state index in [1.165, 1.54) is 6.92 Å². The maximum atomic E-state index is 12.0. The molecule has 0 radical (unpaired) electrons. The average molecular weight is 362 g/mol. The van der Waals surface area contributed by atoms with E-state index in [2.05, 4.69) is 10.6 Å². The molecular formula is C13H22N4O8. The Bertz CT molecular complexity index is 522. The van der Waals surface area contributed by atoms with Crippen molar-refractivity contribution < 1.29 is 39.3 Å². The molecule has 3 atom stereocenters. The molecule has 25 heavy (non-hydrogen) atoms. The third-order valence-electron chi connectivity index (χ3n) is 2.97. The van der Waals surface area contributed by atoms with E-state index in [-0.39, 0.29) is 6.42 Å². The first-order chi connectivity index (χ1) is 11.6. The van der Waals surface area contributed by atoms with Gasteiger partial charge in [0.05, 0.1) is 19.2 Å². The minimum absolute atomic E-state index is 0.222. The molecule has 0 saturated carbocycles. The van der Waals surface area contributed by atoms with Crippen LogP contribution in [0.5, 0.6) is 0 Å². The minimum Gasteiger partial charge on any atom is -0.481 e. The summed E-state index contributed by atoms with van der Waals surface area (Å²) in [6, 6.07) is -2.77. The first-order valence-electron chi connectivity index (χ1n) is 7.27. The molecule has 8 N–H and O–H groups in total. The molecule has 0 aromatic heterocycles. The lowest BCUT2D eigenvalue weighted by atomic mass is 10.1. The van der Waals surface area contributed by atoms with Crippen LogP contribution in [0.4, 0.5) is 0 Å². The highest BCUT2D eigenvalue weighted by molar-refractivity contribution is 5.92. The van der Waals surface area contributed by atoms with Gasteiger partial charge in [0.25, 0.3) is 0 Å². The van der Waals surface area contributed by atoms with Gasteiger partial charge in [0, 0.05) is 6.42 Å². The standard InChI is InChI=1S/C13H22N4O8/c1-6(18)11(13(24)25)17-9(20)5-15-12(23)7(2-3-10(21)22)16-8(19)4-14/h6-7,11,18H,2-5,14H2,1H3,(H,15,23)(H,16,19)(H,17,20)(H,21,22)(H,24,25). The summed E-state index contributed by atoms with van der Waals surface area (Å²) in [5.41, 5.74) is 5.11. The number of amides is 3. The highest BCUT2D eigenvalue weighted by Gasteiger charge is 2.26. The lowest BCUT2D eigenvalue weighted by molar-refractivity contribution is -0.144. The Morgan fingerprint density at radius 2 is 1.64 bits per heavy atom. The first-order valence-corrected chi connectivity index (χ1v) is 7.27. The summed E-state index contributed by atoms with van der Waals surface area (Å²) < 4.78 is 0. The van der Waals surface area contributed by atoms with E-state index in [1.54, 1.807) is 0 Å². The van der Waals surface area contributed by atoms with E-state index in [4.69, 9.17) is 15.9 Å². The maximum absolute atomic E-state index is 12.0. The quantitative estimate of drug-likeness (QED) is 0.193. The van der Waals surface area contributed by atoms with Crippen LogP contribution >= 0.6 is 0 Å². The zero-order chi connectivity index (χ0) is 19.6. The van der Waals surface area contributed by atoms with Crippen molar-refractivity contribution in [3.05, 3.63) is 0 Å². The van der Waals surface area contributed by atoms with Crippen LogP contribution in [0.2, 0.25) is 0 Å². The fourth-order valence-corrected chi connectivity index (χ4v) is 1.69. The Balaban J connectivity index is 4.66. The smallest absolute Gasteiger partial charge is 0.328 e. The third-order valence-corrected chi connectivity index (χ3v) is 2.97. The molecule has 0 saturated heterocycles. The van der Waals surface area contributed by atoms with Crippen LogP contribution in [0.25, 0.3) is 0 Å². The molecule has 0 aliphatic rings. The number of aliphatic hydroxyl groups excluding tert-OH is 1. The maximum Gasteiger partial charge on any atom is 0.328 e. The van der Waals surface area contributed by atoms with E-state index in [0.29, 0.717) is 0 Å². The van der Waals surface area contributed by atoms with Gasteiger partial charge in [0.1, 0.15) is 6.04 Å². The fourth-order valence-electron chi connectivity index (χ4n) is 1.69. The van der Waals surface area contributed by atoms with Crippen LogP contribution in [0.1, 0.15) is 19.8 Å². The molecule has 3 unspecified atom stereocenters. The van der Waals surface area contributed by atoms with E-state index in [9.17, 15) is 29.1 Å². The van der Waals surface area contributed by atoms with Crippen molar-refractivity contribution in [1.29, 1.82) is 0 Å². The predicted molar refractivity (Wildman–Crippen MR) is 82.1 cm³/mol. The Kier molecular flexibility index (Phi) is 9.74. The average Bonchev–Trinajstić information content (AvgIpc) is 2.52. The van der Waals surface area contributed by atoms with Gasteiger partial charge in [-0.05, 0) is 13.3 Å². The normalized spacial score (nSPS) is 13.9. The molecule has 0 aliphatic carbocycles. The Morgan fingerprint density at radius 1 is 1.04 bits per heavy atom. The Morgan fingerprint density at radius 3 is 2.08 bits per heavy atom. The van der Waals surface area contributed by atoms with Gasteiger partial charge in [-0.25, -0.2) is 4.79 Å². The number of rotatable bonds is 11. The van der Waals surface area contributed by atoms with Crippen LogP contribution in [0, 0.1) is 0 Å². The largest absolute Gasteiger partial charge is 0.481 e. The van der Waals surface area contributed by atoms with Gasteiger partial charge in [-0.15, -0.1) is 0 Å². The highest BCUT2D eigenvalue weighted by Crippen LogP contribution is 1.98. The molecule has 0 bridgehead atoms. The molecule has 142 valence electrons. The van der Waals surface area contributed by atoms with Crippen molar-refractivity contribution in [1.82, 2.24) is 16.0 Å². The third kappa shape index (κ3) is 9.22. The molecule has 0 rings (SSSR count). The Hall–Kier alpha value is -2.73. The molecule has 3 amide bonds. The summed E-state index contributed by atoms with van der Waals surface area (Å²) in [6.07, 6.45) is -1.98. The van der Waals surface area contributed by atoms with Crippen molar-refractivity contribution in [2.45, 2.75) is 38.0 Å². The van der Waals surface area contributed by atoms with Crippen LogP contribution < -0.4 is 21.7 Å². The van der Waals surface area contributed by atoms with E-state index in [1.807, 2.05) is 5.32 Å². The summed E-state index contributed by atoms with van der Waals surface area (Å²) in [5.74, 6) is -5.04. The zero-order valence-corrected chi connectivity index (χ0v) is 13.5. The molecule has 0 spiro atoms.